The van der Waals surface area contributed by atoms with Crippen LogP contribution >= 0.6 is 0 Å². The summed E-state index contributed by atoms with van der Waals surface area (Å²) in [4.78, 5) is 13.0. The Morgan fingerprint density at radius 2 is 1.63 bits per heavy atom. The molecule has 0 spiro atoms. The van der Waals surface area contributed by atoms with Crippen LogP contribution in [0.4, 0.5) is 0 Å². The summed E-state index contributed by atoms with van der Waals surface area (Å²) in [5.41, 5.74) is 0.261. The molecular weight excluding hydrogens is 462 g/mol. The van der Waals surface area contributed by atoms with E-state index in [1.807, 2.05) is 0 Å². The first kappa shape index (κ1) is 27.3. The largest absolute Gasteiger partial charge is 0.394 e. The Morgan fingerprint density at radius 1 is 1.00 bits per heavy atom. The van der Waals surface area contributed by atoms with E-state index in [0.29, 0.717) is 5.92 Å². The molecule has 4 saturated carbocycles. The number of ketones is 1. The van der Waals surface area contributed by atoms with Crippen molar-refractivity contribution in [2.75, 3.05) is 19.8 Å². The Hall–Kier alpha value is -0.730. The molecule has 0 aromatic rings. The molecule has 4 aliphatic carbocycles. The van der Waals surface area contributed by atoms with Gasteiger partial charge >= 0.3 is 0 Å². The maximum atomic E-state index is 13.0. The van der Waals surface area contributed by atoms with E-state index in [4.69, 9.17) is 9.47 Å². The number of hydrogen-bond donors (Lipinski definition) is 8. The zero-order chi connectivity index (χ0) is 25.8. The van der Waals surface area contributed by atoms with Crippen LogP contribution in [-0.2, 0) is 14.3 Å². The maximum Gasteiger partial charge on any atom is 0.187 e. The van der Waals surface area contributed by atoms with Crippen LogP contribution in [0.25, 0.3) is 0 Å². The van der Waals surface area contributed by atoms with Crippen LogP contribution in [0.5, 0.6) is 0 Å². The number of rotatable bonds is 10. The van der Waals surface area contributed by atoms with Crippen LogP contribution in [0.3, 0.4) is 0 Å². The van der Waals surface area contributed by atoms with Crippen molar-refractivity contribution in [3.63, 3.8) is 0 Å². The summed E-state index contributed by atoms with van der Waals surface area (Å²) in [5, 5.41) is 73.4. The summed E-state index contributed by atoms with van der Waals surface area (Å²) < 4.78 is 10.7. The molecule has 0 aromatic heterocycles. The van der Waals surface area contributed by atoms with Crippen LogP contribution in [0.2, 0.25) is 0 Å². The molecule has 1 unspecified atom stereocenters. The van der Waals surface area contributed by atoms with Crippen molar-refractivity contribution in [1.82, 2.24) is 5.32 Å². The van der Waals surface area contributed by atoms with Crippen molar-refractivity contribution in [2.45, 2.75) is 107 Å². The molecule has 11 nitrogen and oxygen atoms in total. The minimum Gasteiger partial charge on any atom is -0.394 e. The highest BCUT2D eigenvalue weighted by Gasteiger charge is 2.60. The van der Waals surface area contributed by atoms with E-state index in [9.17, 15) is 40.5 Å². The standard InChI is InChI=1S/C24H41NO10/c1-22-3-12-4-23(2,9-22)11-24(5-12,10-22)25-6-13(28)16(30)20(14(29)7-26)35-21-19(33)18(32)17(31)15(8-27)34-21/h12,14-21,25-27,29-33H,3-11H2,1-2H3/t12?,14-,15+,16?,17-,18-,19+,20+,21-,22+,23+,24?/m1/s1. The topological polar surface area (TPSA) is 189 Å². The molecule has 10 atom stereocenters. The van der Waals surface area contributed by atoms with Gasteiger partial charge in [-0.2, -0.15) is 0 Å². The van der Waals surface area contributed by atoms with Gasteiger partial charge in [-0.25, -0.2) is 0 Å². The molecule has 1 saturated heterocycles. The Kier molecular flexibility index (Phi) is 7.70. The highest BCUT2D eigenvalue weighted by molar-refractivity contribution is 5.85. The Balaban J connectivity index is 1.42. The summed E-state index contributed by atoms with van der Waals surface area (Å²) in [7, 11) is 0. The summed E-state index contributed by atoms with van der Waals surface area (Å²) in [6.45, 7) is 2.93. The molecule has 11 heteroatoms. The predicted octanol–water partition coefficient (Wildman–Crippen LogP) is -2.21. The highest BCUT2D eigenvalue weighted by Crippen LogP contribution is 2.66. The average Bonchev–Trinajstić information content (AvgIpc) is 2.77. The summed E-state index contributed by atoms with van der Waals surface area (Å²) in [5.74, 6) is -0.0506. The zero-order valence-electron chi connectivity index (χ0n) is 20.4. The Bertz CT molecular complexity index is 761. The van der Waals surface area contributed by atoms with E-state index >= 15 is 0 Å². The van der Waals surface area contributed by atoms with Gasteiger partial charge in [-0.1, -0.05) is 13.8 Å². The lowest BCUT2D eigenvalue weighted by molar-refractivity contribution is -0.323. The van der Waals surface area contributed by atoms with Gasteiger partial charge in [0.15, 0.2) is 12.1 Å². The number of Topliss-reactive ketones (excluding diaryl/α,β-unsaturated/α-hetero) is 1. The van der Waals surface area contributed by atoms with Crippen LogP contribution in [-0.4, -0.2) is 116 Å². The van der Waals surface area contributed by atoms with E-state index in [1.54, 1.807) is 0 Å². The smallest absolute Gasteiger partial charge is 0.187 e. The first-order valence-corrected chi connectivity index (χ1v) is 12.5. The van der Waals surface area contributed by atoms with E-state index in [0.717, 1.165) is 19.3 Å². The minimum absolute atomic E-state index is 0.160. The van der Waals surface area contributed by atoms with Gasteiger partial charge in [0.05, 0.1) is 19.8 Å². The third kappa shape index (κ3) is 5.31. The fourth-order valence-corrected chi connectivity index (χ4v) is 8.02. The van der Waals surface area contributed by atoms with Gasteiger partial charge in [-0.15, -0.1) is 0 Å². The molecule has 0 amide bonds. The van der Waals surface area contributed by atoms with Gasteiger partial charge in [0.1, 0.15) is 42.7 Å². The van der Waals surface area contributed by atoms with Crippen LogP contribution in [0, 0.1) is 16.7 Å². The fourth-order valence-electron chi connectivity index (χ4n) is 8.02. The van der Waals surface area contributed by atoms with Crippen molar-refractivity contribution in [3.05, 3.63) is 0 Å². The van der Waals surface area contributed by atoms with Crippen molar-refractivity contribution in [3.8, 4) is 0 Å². The molecule has 202 valence electrons. The third-order valence-corrected chi connectivity index (χ3v) is 8.61. The number of aliphatic hydroxyl groups is 7. The number of aliphatic hydroxyl groups excluding tert-OH is 7. The second-order valence-electron chi connectivity index (χ2n) is 12.2. The van der Waals surface area contributed by atoms with E-state index in [2.05, 4.69) is 19.2 Å². The van der Waals surface area contributed by atoms with Crippen molar-refractivity contribution in [1.29, 1.82) is 0 Å². The lowest BCUT2D eigenvalue weighted by Gasteiger charge is -2.65. The van der Waals surface area contributed by atoms with Gasteiger partial charge in [0.25, 0.3) is 0 Å². The van der Waals surface area contributed by atoms with Crippen LogP contribution in [0.1, 0.15) is 52.4 Å². The summed E-state index contributed by atoms with van der Waals surface area (Å²) >= 11 is 0. The lowest BCUT2D eigenvalue weighted by atomic mass is 9.43. The first-order chi connectivity index (χ1) is 16.3. The van der Waals surface area contributed by atoms with E-state index < -0.39 is 68.0 Å². The van der Waals surface area contributed by atoms with Gasteiger partial charge in [-0.05, 0) is 55.3 Å². The molecule has 0 aromatic carbocycles. The summed E-state index contributed by atoms with van der Waals surface area (Å²) in [6, 6.07) is 0. The van der Waals surface area contributed by atoms with Gasteiger partial charge in [-0.3, -0.25) is 4.79 Å². The molecule has 4 bridgehead atoms. The monoisotopic (exact) mass is 503 g/mol. The summed E-state index contributed by atoms with van der Waals surface area (Å²) in [6.07, 6.45) is -6.84. The minimum atomic E-state index is -1.86. The quantitative estimate of drug-likeness (QED) is 0.161. The number of nitrogens with one attached hydrogen (secondary N) is 1. The fraction of sp³-hybridized carbons (Fsp3) is 0.958. The zero-order valence-corrected chi connectivity index (χ0v) is 20.4. The average molecular weight is 504 g/mol. The Morgan fingerprint density at radius 3 is 2.17 bits per heavy atom. The molecule has 5 fully saturated rings. The van der Waals surface area contributed by atoms with Crippen molar-refractivity contribution >= 4 is 5.78 Å². The second-order valence-corrected chi connectivity index (χ2v) is 12.2. The van der Waals surface area contributed by atoms with Gasteiger partial charge in [0.2, 0.25) is 0 Å². The van der Waals surface area contributed by atoms with Crippen molar-refractivity contribution in [2.24, 2.45) is 16.7 Å². The molecule has 1 heterocycles. The van der Waals surface area contributed by atoms with E-state index in [-0.39, 0.29) is 22.9 Å². The number of hydrogen-bond acceptors (Lipinski definition) is 11. The predicted molar refractivity (Wildman–Crippen MR) is 121 cm³/mol. The molecule has 8 N–H and O–H groups in total. The highest BCUT2D eigenvalue weighted by atomic mass is 16.7. The third-order valence-electron chi connectivity index (χ3n) is 8.61. The van der Waals surface area contributed by atoms with E-state index in [1.165, 1.54) is 19.3 Å². The van der Waals surface area contributed by atoms with Crippen LogP contribution < -0.4 is 5.32 Å². The van der Waals surface area contributed by atoms with Gasteiger partial charge in [0, 0.05) is 5.54 Å². The van der Waals surface area contributed by atoms with Crippen molar-refractivity contribution < 1.29 is 50.0 Å². The Labute approximate surface area is 205 Å². The molecule has 5 rings (SSSR count). The molecule has 0 radical (unpaired) electrons. The van der Waals surface area contributed by atoms with Crippen LogP contribution in [0.15, 0.2) is 0 Å². The second kappa shape index (κ2) is 9.86. The first-order valence-electron chi connectivity index (χ1n) is 12.5. The normalized spacial score (nSPS) is 47.5. The lowest BCUT2D eigenvalue weighted by Crippen LogP contribution is -2.65. The molecule has 1 aliphatic heterocycles. The SMILES string of the molecule is C[C@@]12CC3CC(NCC(=O)C(O)[C@@H](O[C@H]4O[C@@H](CO)[C@@H](O)[C@@H](O)[C@@H]4O)[C@H](O)CO)(C1)C[C@@](C)(C3)C2. The molecule has 35 heavy (non-hydrogen) atoms. The number of carbonyl (C=O) groups is 1. The molecule has 5 aliphatic rings. The van der Waals surface area contributed by atoms with Gasteiger partial charge < -0.3 is 50.5 Å². The molecular formula is C24H41NO10. The number of carbonyl (C=O) groups excluding carboxylic acids is 1. The maximum absolute atomic E-state index is 13.0. The number of ether oxygens (including phenoxy) is 2.